The predicted molar refractivity (Wildman–Crippen MR) is 227 cm³/mol. The van der Waals surface area contributed by atoms with Gasteiger partial charge in [-0.3, -0.25) is 38.4 Å². The first-order valence-electron chi connectivity index (χ1n) is 22.4. The van der Waals surface area contributed by atoms with Crippen LogP contribution in [0.25, 0.3) is 16.7 Å². The Balaban J connectivity index is 0.704. The number of piperidine rings is 2. The molecule has 2 N–H and O–H groups in total. The number of alkyl halides is 3. The van der Waals surface area contributed by atoms with E-state index in [9.17, 15) is 28.0 Å². The van der Waals surface area contributed by atoms with E-state index in [4.69, 9.17) is 9.47 Å². The minimum absolute atomic E-state index is 0.0478. The second kappa shape index (κ2) is 17.4. The normalized spacial score (nSPS) is 27.0. The summed E-state index contributed by atoms with van der Waals surface area (Å²) in [5.74, 6) is -0.288. The average molecular weight is 888 g/mol. The topological polar surface area (TPSA) is 175 Å². The van der Waals surface area contributed by atoms with Gasteiger partial charge >= 0.3 is 5.69 Å². The zero-order valence-electron chi connectivity index (χ0n) is 35.6. The van der Waals surface area contributed by atoms with Crippen LogP contribution in [0.3, 0.4) is 0 Å². The van der Waals surface area contributed by atoms with Gasteiger partial charge in [0.1, 0.15) is 23.6 Å². The van der Waals surface area contributed by atoms with Crippen molar-refractivity contribution in [1.82, 2.24) is 43.7 Å². The van der Waals surface area contributed by atoms with Crippen LogP contribution in [0, 0.1) is 5.92 Å². The fraction of sp³-hybridized carbons (Fsp3) is 0.568. The van der Waals surface area contributed by atoms with Gasteiger partial charge in [0.25, 0.3) is 12.3 Å². The zero-order chi connectivity index (χ0) is 44.2. The van der Waals surface area contributed by atoms with Crippen LogP contribution in [-0.2, 0) is 26.1 Å². The number of rotatable bonds is 11. The number of benzene rings is 1. The van der Waals surface area contributed by atoms with Crippen LogP contribution in [0.2, 0.25) is 0 Å². The second-order valence-electron chi connectivity index (χ2n) is 18.0. The number of aromatic nitrogens is 7. The van der Waals surface area contributed by atoms with Crippen molar-refractivity contribution in [2.75, 3.05) is 56.2 Å². The molecule has 1 unspecified atom stereocenters. The number of ether oxygens (including phenoxy) is 2. The monoisotopic (exact) mass is 887 g/mol. The number of aryl methyl sites for hydroxylation is 1. The number of nitrogens with zero attached hydrogens (tertiary/aromatic N) is 9. The van der Waals surface area contributed by atoms with Gasteiger partial charge in [0.2, 0.25) is 11.8 Å². The van der Waals surface area contributed by atoms with Gasteiger partial charge in [-0.25, -0.2) is 27.5 Å². The summed E-state index contributed by atoms with van der Waals surface area (Å²) in [6.45, 7) is 4.21. The van der Waals surface area contributed by atoms with Gasteiger partial charge in [-0.15, -0.1) is 0 Å². The van der Waals surface area contributed by atoms with E-state index < -0.39 is 42.3 Å². The number of hydrogen-bond donors (Lipinski definition) is 2. The number of carbonyl (C=O) groups excluding carboxylic acids is 3. The number of halogens is 3. The number of likely N-dealkylation sites (tertiary alicyclic amines) is 1. The smallest absolute Gasteiger partial charge is 0.329 e. The molecule has 0 bridgehead atoms. The number of hydrogen-bond acceptors (Lipinski definition) is 11. The Morgan fingerprint density at radius 3 is 2.58 bits per heavy atom. The minimum Gasteiger partial charge on any atom is -0.378 e. The number of para-hydroxylation sites is 1. The van der Waals surface area contributed by atoms with Crippen LogP contribution in [0.4, 0.5) is 24.7 Å². The number of morpholine rings is 1. The summed E-state index contributed by atoms with van der Waals surface area (Å²) in [5.41, 5.74) is 2.05. The van der Waals surface area contributed by atoms with Gasteiger partial charge in [-0.1, -0.05) is 12.1 Å². The predicted octanol–water partition coefficient (Wildman–Crippen LogP) is 4.69. The summed E-state index contributed by atoms with van der Waals surface area (Å²) in [4.78, 5) is 60.2. The summed E-state index contributed by atoms with van der Waals surface area (Å²) in [6, 6.07) is 6.66. The van der Waals surface area contributed by atoms with Gasteiger partial charge in [0.05, 0.1) is 54.4 Å². The Morgan fingerprint density at radius 2 is 1.83 bits per heavy atom. The Morgan fingerprint density at radius 1 is 1.03 bits per heavy atom. The zero-order valence-corrected chi connectivity index (χ0v) is 35.6. The van der Waals surface area contributed by atoms with Crippen LogP contribution in [0.1, 0.15) is 104 Å². The first kappa shape index (κ1) is 42.4. The fourth-order valence-corrected chi connectivity index (χ4v) is 10.5. The Labute approximate surface area is 365 Å². The highest BCUT2D eigenvalue weighted by Gasteiger charge is 2.40. The van der Waals surface area contributed by atoms with E-state index in [0.29, 0.717) is 75.0 Å². The third-order valence-electron chi connectivity index (χ3n) is 14.0. The summed E-state index contributed by atoms with van der Waals surface area (Å²) < 4.78 is 62.1. The molecule has 20 heteroatoms. The molecular weight excluding hydrogens is 836 g/mol. The maximum absolute atomic E-state index is 15.7. The highest BCUT2D eigenvalue weighted by Crippen LogP contribution is 2.43. The highest BCUT2D eigenvalue weighted by atomic mass is 19.3. The maximum atomic E-state index is 15.7. The summed E-state index contributed by atoms with van der Waals surface area (Å²) in [7, 11) is 1.70. The van der Waals surface area contributed by atoms with Crippen molar-refractivity contribution in [3.63, 3.8) is 0 Å². The van der Waals surface area contributed by atoms with Crippen molar-refractivity contribution in [2.24, 2.45) is 13.0 Å². The van der Waals surface area contributed by atoms with E-state index in [2.05, 4.69) is 35.6 Å². The molecule has 3 amide bonds. The quantitative estimate of drug-likeness (QED) is 0.176. The van der Waals surface area contributed by atoms with Gasteiger partial charge in [0.15, 0.2) is 11.3 Å². The van der Waals surface area contributed by atoms with E-state index in [1.165, 1.54) is 21.5 Å². The lowest BCUT2D eigenvalue weighted by molar-refractivity contribution is -0.135. The van der Waals surface area contributed by atoms with E-state index >= 15 is 4.39 Å². The summed E-state index contributed by atoms with van der Waals surface area (Å²) in [5, 5.41) is 13.5. The van der Waals surface area contributed by atoms with Crippen molar-refractivity contribution in [3.8, 4) is 0 Å². The lowest BCUT2D eigenvalue weighted by Crippen LogP contribution is -2.49. The molecule has 5 aliphatic rings. The van der Waals surface area contributed by atoms with Crippen LogP contribution in [-0.4, -0.2) is 120 Å². The van der Waals surface area contributed by atoms with Gasteiger partial charge in [0, 0.05) is 58.6 Å². The molecule has 5 aromatic rings. The van der Waals surface area contributed by atoms with Crippen LogP contribution >= 0.6 is 0 Å². The van der Waals surface area contributed by atoms with E-state index in [1.807, 2.05) is 24.3 Å². The maximum Gasteiger partial charge on any atom is 0.329 e. The first-order valence-corrected chi connectivity index (χ1v) is 22.4. The van der Waals surface area contributed by atoms with E-state index in [-0.39, 0.29) is 60.3 Å². The van der Waals surface area contributed by atoms with Crippen LogP contribution in [0.15, 0.2) is 47.7 Å². The second-order valence-corrected chi connectivity index (χ2v) is 18.0. The third-order valence-corrected chi connectivity index (χ3v) is 14.0. The number of imide groups is 1. The van der Waals surface area contributed by atoms with Crippen molar-refractivity contribution >= 4 is 45.9 Å². The van der Waals surface area contributed by atoms with Crippen molar-refractivity contribution in [2.45, 2.75) is 101 Å². The Bertz CT molecular complexity index is 2620. The number of nitrogens with one attached hydrogen (secondary N) is 2. The van der Waals surface area contributed by atoms with Gasteiger partial charge in [-0.05, 0) is 80.9 Å². The molecule has 1 aromatic carbocycles. The molecule has 7 heterocycles. The number of anilines is 2. The Hall–Kier alpha value is -5.60. The summed E-state index contributed by atoms with van der Waals surface area (Å²) >= 11 is 0. The number of imidazole rings is 1. The SMILES string of the molecule is Cn1c(=O)n(C2CCC(=O)NC2=O)c2cccc(C3CC(O[C@H]4CCN(CC5CCC(n6cc(NC(=O)c7cnn8ccc(N9CCOCC9)nc78)c(C(F)F)n6)CC5)C[C@@H]4F)C3)c21. The largest absolute Gasteiger partial charge is 0.378 e. The van der Waals surface area contributed by atoms with E-state index in [0.717, 1.165) is 43.3 Å². The Kier molecular flexibility index (Phi) is 11.5. The molecule has 2 saturated carbocycles. The standard InChI is InChI=1S/C44H52F3N11O6/c1-53-39-29(3-2-4-33(39)58(44(53)62)34-9-10-37(59)51-43(34)61)26-19-28(20-26)64-35-11-13-54(23-31(35)45)22-25-5-7-27(8-6-25)57-24-32(38(52-57)40(46)47)49-42(60)30-21-48-56-14-12-36(50-41(30)56)55-15-17-63-18-16-55/h2-4,12,14,21,24-28,31,34-35,40H,5-11,13,15-20,22-23H2,1H3,(H,49,60)(H,51,59,61)/t25?,26?,27?,28?,31-,34?,35-/m0/s1. The van der Waals surface area contributed by atoms with Gasteiger partial charge < -0.3 is 19.7 Å². The van der Waals surface area contributed by atoms with Gasteiger partial charge in [-0.2, -0.15) is 10.2 Å². The van der Waals surface area contributed by atoms with E-state index in [1.54, 1.807) is 22.5 Å². The molecule has 340 valence electrons. The molecule has 17 nitrogen and oxygen atoms in total. The molecule has 5 fully saturated rings. The molecule has 3 atom stereocenters. The summed E-state index contributed by atoms with van der Waals surface area (Å²) in [6.07, 6.45) is 5.48. The molecular formula is C44H52F3N11O6. The number of amides is 3. The lowest BCUT2D eigenvalue weighted by atomic mass is 9.76. The van der Waals surface area contributed by atoms with Crippen molar-refractivity contribution in [3.05, 3.63) is 70.2 Å². The fourth-order valence-electron chi connectivity index (χ4n) is 10.5. The van der Waals surface area contributed by atoms with Crippen LogP contribution < -0.4 is 21.2 Å². The van der Waals surface area contributed by atoms with Crippen molar-refractivity contribution < 1.29 is 37.0 Å². The molecule has 0 spiro atoms. The molecule has 3 saturated heterocycles. The lowest BCUT2D eigenvalue weighted by Gasteiger charge is -2.42. The van der Waals surface area contributed by atoms with Crippen molar-refractivity contribution in [1.29, 1.82) is 0 Å². The molecule has 2 aliphatic carbocycles. The first-order chi connectivity index (χ1) is 31.0. The molecule has 64 heavy (non-hydrogen) atoms. The van der Waals surface area contributed by atoms with Crippen LogP contribution in [0.5, 0.6) is 0 Å². The molecule has 4 aromatic heterocycles. The highest BCUT2D eigenvalue weighted by molar-refractivity contribution is 6.08. The third kappa shape index (κ3) is 8.08. The molecule has 0 radical (unpaired) electrons. The minimum atomic E-state index is -2.90. The number of carbonyl (C=O) groups is 3. The average Bonchev–Trinajstić information content (AvgIpc) is 3.97. The number of fused-ring (bicyclic) bond motifs is 2. The molecule has 10 rings (SSSR count). The molecule has 3 aliphatic heterocycles.